The Bertz CT molecular complexity index is 583. The van der Waals surface area contributed by atoms with Crippen LogP contribution in [-0.2, 0) is 9.59 Å². The molecule has 0 radical (unpaired) electrons. The van der Waals surface area contributed by atoms with Crippen molar-refractivity contribution >= 4 is 17.6 Å². The highest BCUT2D eigenvalue weighted by molar-refractivity contribution is 5.94. The summed E-state index contributed by atoms with van der Waals surface area (Å²) in [6.07, 6.45) is -0.163. The molecule has 0 spiro atoms. The molecular formula is C16H24N3O4+. The first-order valence-electron chi connectivity index (χ1n) is 7.83. The number of likely N-dealkylation sites (N-methyl/N-ethyl adjacent to an activating group) is 1. The molecule has 0 saturated carbocycles. The smallest absolute Gasteiger partial charge is 0.230 e. The summed E-state index contributed by atoms with van der Waals surface area (Å²) in [7, 11) is 2.07. The summed E-state index contributed by atoms with van der Waals surface area (Å²) >= 11 is 0. The molecule has 23 heavy (non-hydrogen) atoms. The van der Waals surface area contributed by atoms with Gasteiger partial charge in [-0.2, -0.15) is 0 Å². The number of piperazine rings is 1. The van der Waals surface area contributed by atoms with Crippen molar-refractivity contribution in [3.05, 3.63) is 23.8 Å². The minimum atomic E-state index is -1.21. The maximum atomic E-state index is 12.2. The first-order valence-corrected chi connectivity index (χ1v) is 7.83. The van der Waals surface area contributed by atoms with E-state index in [1.807, 2.05) is 6.92 Å². The van der Waals surface area contributed by atoms with Crippen LogP contribution in [-0.4, -0.2) is 56.3 Å². The van der Waals surface area contributed by atoms with E-state index in [1.54, 1.807) is 12.1 Å². The number of phenolic OH excluding ortho intramolecular Hbond substituents is 1. The third-order valence-electron chi connectivity index (χ3n) is 4.34. The van der Waals surface area contributed by atoms with E-state index in [1.165, 1.54) is 11.0 Å². The zero-order chi connectivity index (χ0) is 17.0. The SMILES string of the molecule is Cc1ccc(O)c(NC(=O)C[C@@H](C(=O)[O-])[NH+]2CC[NH+](C)CC2)c1. The van der Waals surface area contributed by atoms with E-state index in [0.717, 1.165) is 23.6 Å². The number of nitrogens with one attached hydrogen (secondary N) is 3. The zero-order valence-corrected chi connectivity index (χ0v) is 13.5. The van der Waals surface area contributed by atoms with Crippen LogP contribution in [0.1, 0.15) is 12.0 Å². The van der Waals surface area contributed by atoms with Crippen molar-refractivity contribution in [2.45, 2.75) is 19.4 Å². The number of phenols is 1. The van der Waals surface area contributed by atoms with E-state index >= 15 is 0 Å². The van der Waals surface area contributed by atoms with Crippen LogP contribution >= 0.6 is 0 Å². The van der Waals surface area contributed by atoms with Crippen molar-refractivity contribution in [2.24, 2.45) is 0 Å². The fourth-order valence-corrected chi connectivity index (χ4v) is 2.88. The molecule has 1 heterocycles. The molecule has 1 saturated heterocycles. The number of anilines is 1. The predicted molar refractivity (Wildman–Crippen MR) is 82.2 cm³/mol. The lowest BCUT2D eigenvalue weighted by Gasteiger charge is -2.33. The van der Waals surface area contributed by atoms with Crippen LogP contribution in [0.25, 0.3) is 0 Å². The maximum Gasteiger partial charge on any atom is 0.230 e. The van der Waals surface area contributed by atoms with Crippen molar-refractivity contribution < 1.29 is 29.6 Å². The molecule has 1 atom stereocenters. The van der Waals surface area contributed by atoms with E-state index in [-0.39, 0.29) is 12.2 Å². The number of carboxylic acid groups (broad SMARTS) is 1. The molecule has 1 aromatic rings. The van der Waals surface area contributed by atoms with Gasteiger partial charge in [-0.25, -0.2) is 0 Å². The normalized spacial score (nSPS) is 22.3. The van der Waals surface area contributed by atoms with Crippen LogP contribution in [0.3, 0.4) is 0 Å². The number of amides is 1. The number of quaternary nitrogens is 2. The highest BCUT2D eigenvalue weighted by Crippen LogP contribution is 2.23. The van der Waals surface area contributed by atoms with E-state index in [2.05, 4.69) is 12.4 Å². The molecule has 7 heteroatoms. The van der Waals surface area contributed by atoms with E-state index in [0.29, 0.717) is 18.8 Å². The Morgan fingerprint density at radius 3 is 2.57 bits per heavy atom. The fourth-order valence-electron chi connectivity index (χ4n) is 2.88. The molecule has 0 bridgehead atoms. The van der Waals surface area contributed by atoms with Gasteiger partial charge in [0.1, 0.15) is 38.0 Å². The van der Waals surface area contributed by atoms with Crippen molar-refractivity contribution in [2.75, 3.05) is 38.5 Å². The molecule has 1 fully saturated rings. The number of carbonyl (C=O) groups excluding carboxylic acids is 2. The first kappa shape index (κ1) is 17.2. The average Bonchev–Trinajstić information content (AvgIpc) is 2.49. The molecule has 1 aliphatic heterocycles. The van der Waals surface area contributed by atoms with Crippen LogP contribution in [0.15, 0.2) is 18.2 Å². The van der Waals surface area contributed by atoms with Crippen molar-refractivity contribution in [3.8, 4) is 5.75 Å². The fraction of sp³-hybridized carbons (Fsp3) is 0.500. The Morgan fingerprint density at radius 1 is 1.30 bits per heavy atom. The number of carboxylic acids is 1. The minimum Gasteiger partial charge on any atom is -0.544 e. The molecule has 126 valence electrons. The van der Waals surface area contributed by atoms with Gasteiger partial charge in [0.05, 0.1) is 25.1 Å². The molecular weight excluding hydrogens is 298 g/mol. The Hall–Kier alpha value is -2.12. The van der Waals surface area contributed by atoms with Gasteiger partial charge in [-0.15, -0.1) is 0 Å². The van der Waals surface area contributed by atoms with Crippen molar-refractivity contribution in [3.63, 3.8) is 0 Å². The van der Waals surface area contributed by atoms with Crippen LogP contribution in [0.4, 0.5) is 5.69 Å². The lowest BCUT2D eigenvalue weighted by molar-refractivity contribution is -1.01. The number of aromatic hydroxyl groups is 1. The van der Waals surface area contributed by atoms with Gasteiger partial charge >= 0.3 is 0 Å². The number of rotatable bonds is 5. The van der Waals surface area contributed by atoms with Crippen LogP contribution in [0.2, 0.25) is 0 Å². The second-order valence-electron chi connectivity index (χ2n) is 6.26. The van der Waals surface area contributed by atoms with Gasteiger partial charge in [0, 0.05) is 0 Å². The van der Waals surface area contributed by atoms with Crippen LogP contribution in [0.5, 0.6) is 5.75 Å². The molecule has 0 unspecified atom stereocenters. The van der Waals surface area contributed by atoms with Gasteiger partial charge in [-0.05, 0) is 24.6 Å². The number of carbonyl (C=O) groups is 2. The summed E-state index contributed by atoms with van der Waals surface area (Å²) in [5.74, 6) is -1.67. The van der Waals surface area contributed by atoms with Gasteiger partial charge in [0.25, 0.3) is 0 Å². The third kappa shape index (κ3) is 4.67. The maximum absolute atomic E-state index is 12.2. The Morgan fingerprint density at radius 2 is 1.96 bits per heavy atom. The molecule has 1 aliphatic rings. The van der Waals surface area contributed by atoms with Crippen LogP contribution in [0, 0.1) is 6.92 Å². The summed E-state index contributed by atoms with van der Waals surface area (Å²) in [5, 5.41) is 23.8. The Balaban J connectivity index is 2.00. The highest BCUT2D eigenvalue weighted by atomic mass is 16.4. The predicted octanol–water partition coefficient (Wildman–Crippen LogP) is -3.44. The largest absolute Gasteiger partial charge is 0.544 e. The molecule has 1 aromatic carbocycles. The summed E-state index contributed by atoms with van der Waals surface area (Å²) in [6.45, 7) is 5.00. The standard InChI is InChI=1S/C16H23N3O4/c1-11-3-4-14(20)12(9-11)17-15(21)10-13(16(22)23)19-7-5-18(2)6-8-19/h3-4,9,13,20H,5-8,10H2,1-2H3,(H,17,21)(H,22,23)/p+1/t13-/m0/s1. The highest BCUT2D eigenvalue weighted by Gasteiger charge is 2.30. The number of hydrogen-bond acceptors (Lipinski definition) is 4. The third-order valence-corrected chi connectivity index (χ3v) is 4.34. The number of aliphatic carboxylic acids is 1. The first-order chi connectivity index (χ1) is 10.9. The van der Waals surface area contributed by atoms with Crippen molar-refractivity contribution in [1.82, 2.24) is 0 Å². The van der Waals surface area contributed by atoms with Crippen LogP contribution < -0.4 is 20.2 Å². The molecule has 4 N–H and O–H groups in total. The van der Waals surface area contributed by atoms with Gasteiger partial charge in [0.2, 0.25) is 5.91 Å². The van der Waals surface area contributed by atoms with Gasteiger partial charge in [-0.1, -0.05) is 6.07 Å². The average molecular weight is 322 g/mol. The number of benzene rings is 1. The molecule has 2 rings (SSSR count). The minimum absolute atomic E-state index is 0.0375. The summed E-state index contributed by atoms with van der Waals surface area (Å²) < 4.78 is 0. The quantitative estimate of drug-likeness (QED) is 0.424. The summed E-state index contributed by atoms with van der Waals surface area (Å²) in [4.78, 5) is 25.8. The van der Waals surface area contributed by atoms with Gasteiger partial charge in [-0.3, -0.25) is 4.79 Å². The Labute approximate surface area is 135 Å². The lowest BCUT2D eigenvalue weighted by Crippen LogP contribution is -3.29. The number of hydrogen-bond donors (Lipinski definition) is 4. The molecule has 1 amide bonds. The summed E-state index contributed by atoms with van der Waals surface area (Å²) in [5.41, 5.74) is 1.19. The molecule has 7 nitrogen and oxygen atoms in total. The van der Waals surface area contributed by atoms with E-state index in [4.69, 9.17) is 0 Å². The Kier molecular flexibility index (Phi) is 5.57. The molecule has 0 aliphatic carbocycles. The van der Waals surface area contributed by atoms with Gasteiger partial charge < -0.3 is 30.1 Å². The lowest BCUT2D eigenvalue weighted by atomic mass is 10.1. The van der Waals surface area contributed by atoms with Gasteiger partial charge in [0.15, 0.2) is 0 Å². The topological polar surface area (TPSA) is 98.3 Å². The monoisotopic (exact) mass is 322 g/mol. The van der Waals surface area contributed by atoms with E-state index < -0.39 is 17.9 Å². The zero-order valence-electron chi connectivity index (χ0n) is 13.5. The van der Waals surface area contributed by atoms with Crippen molar-refractivity contribution in [1.29, 1.82) is 0 Å². The van der Waals surface area contributed by atoms with E-state index in [9.17, 15) is 19.8 Å². The summed E-state index contributed by atoms with van der Waals surface area (Å²) in [6, 6.07) is 4.00. The molecule has 0 aromatic heterocycles. The number of aryl methyl sites for hydroxylation is 1. The second-order valence-corrected chi connectivity index (χ2v) is 6.26. The second kappa shape index (κ2) is 7.43.